The Kier molecular flexibility index (Phi) is 5.65. The highest BCUT2D eigenvalue weighted by Gasteiger charge is 2.13. The molecule has 0 heterocycles. The van der Waals surface area contributed by atoms with Crippen molar-refractivity contribution in [3.05, 3.63) is 71.5 Å². The minimum atomic E-state index is -0.767. The van der Waals surface area contributed by atoms with Crippen LogP contribution in [0.3, 0.4) is 0 Å². The van der Waals surface area contributed by atoms with E-state index in [2.05, 4.69) is 10.6 Å². The van der Waals surface area contributed by atoms with Gasteiger partial charge in [-0.1, -0.05) is 48.5 Å². The Morgan fingerprint density at radius 3 is 2.23 bits per heavy atom. The predicted molar refractivity (Wildman–Crippen MR) is 81.4 cm³/mol. The lowest BCUT2D eigenvalue weighted by atomic mass is 10.1. The van der Waals surface area contributed by atoms with Gasteiger partial charge in [-0.15, -0.1) is 0 Å². The largest absolute Gasteiger partial charge is 0.348 e. The second-order valence-corrected chi connectivity index (χ2v) is 4.77. The molecular weight excluding hydrogens is 283 g/mol. The molecule has 0 unspecified atom stereocenters. The van der Waals surface area contributed by atoms with Crippen molar-refractivity contribution in [1.29, 1.82) is 0 Å². The van der Waals surface area contributed by atoms with Gasteiger partial charge in [0, 0.05) is 18.7 Å². The van der Waals surface area contributed by atoms with E-state index in [1.807, 2.05) is 30.3 Å². The molecule has 2 rings (SSSR count). The van der Waals surface area contributed by atoms with Crippen LogP contribution in [-0.2, 0) is 22.6 Å². The molecule has 0 bridgehead atoms. The average Bonchev–Trinajstić information content (AvgIpc) is 2.54. The molecule has 22 heavy (non-hydrogen) atoms. The molecule has 0 atom stereocenters. The molecule has 0 spiro atoms. The van der Waals surface area contributed by atoms with Gasteiger partial charge in [0.25, 0.3) is 0 Å². The maximum absolute atomic E-state index is 13.4. The van der Waals surface area contributed by atoms with E-state index in [0.29, 0.717) is 18.5 Å². The van der Waals surface area contributed by atoms with E-state index in [1.54, 1.807) is 18.2 Å². The van der Waals surface area contributed by atoms with E-state index in [0.717, 1.165) is 5.56 Å². The molecule has 0 fully saturated rings. The summed E-state index contributed by atoms with van der Waals surface area (Å²) in [4.78, 5) is 23.2. The molecule has 0 saturated carbocycles. The lowest BCUT2D eigenvalue weighted by molar-refractivity contribution is -0.139. The average molecular weight is 300 g/mol. The van der Waals surface area contributed by atoms with Crippen molar-refractivity contribution in [1.82, 2.24) is 10.6 Å². The lowest BCUT2D eigenvalue weighted by Crippen LogP contribution is -2.40. The van der Waals surface area contributed by atoms with Crippen molar-refractivity contribution in [2.24, 2.45) is 0 Å². The third-order valence-electron chi connectivity index (χ3n) is 3.15. The Bertz CT molecular complexity index is 644. The van der Waals surface area contributed by atoms with Gasteiger partial charge in [0.2, 0.25) is 0 Å². The maximum atomic E-state index is 13.4. The molecule has 2 N–H and O–H groups in total. The summed E-state index contributed by atoms with van der Waals surface area (Å²) in [6.07, 6.45) is 0.646. The highest BCUT2D eigenvalue weighted by atomic mass is 19.1. The Hall–Kier alpha value is -2.69. The molecule has 0 saturated heterocycles. The highest BCUT2D eigenvalue weighted by molar-refractivity contribution is 6.35. The Balaban J connectivity index is 1.73. The van der Waals surface area contributed by atoms with Crippen LogP contribution < -0.4 is 10.6 Å². The zero-order valence-corrected chi connectivity index (χ0v) is 12.0. The Morgan fingerprint density at radius 2 is 1.50 bits per heavy atom. The molecule has 0 aliphatic heterocycles. The smallest absolute Gasteiger partial charge is 0.309 e. The molecule has 2 amide bonds. The van der Waals surface area contributed by atoms with E-state index < -0.39 is 17.6 Å². The van der Waals surface area contributed by atoms with Crippen LogP contribution >= 0.6 is 0 Å². The molecule has 0 aliphatic carbocycles. The summed E-state index contributed by atoms with van der Waals surface area (Å²) in [6.45, 7) is 0.355. The molecule has 5 heteroatoms. The summed E-state index contributed by atoms with van der Waals surface area (Å²) in [5.41, 5.74) is 1.42. The fourth-order valence-corrected chi connectivity index (χ4v) is 1.94. The number of rotatable bonds is 5. The molecule has 0 aromatic heterocycles. The quantitative estimate of drug-likeness (QED) is 0.827. The van der Waals surface area contributed by atoms with Crippen LogP contribution in [0.25, 0.3) is 0 Å². The number of amides is 2. The predicted octanol–water partition coefficient (Wildman–Crippen LogP) is 1.80. The number of hydrogen-bond donors (Lipinski definition) is 2. The van der Waals surface area contributed by atoms with Gasteiger partial charge in [-0.2, -0.15) is 0 Å². The fraction of sp³-hybridized carbons (Fsp3) is 0.176. The molecule has 2 aromatic carbocycles. The first-order valence-electron chi connectivity index (χ1n) is 7.00. The van der Waals surface area contributed by atoms with E-state index >= 15 is 0 Å². The normalized spacial score (nSPS) is 10.0. The summed E-state index contributed by atoms with van der Waals surface area (Å²) < 4.78 is 13.4. The van der Waals surface area contributed by atoms with Crippen LogP contribution in [-0.4, -0.2) is 18.4 Å². The zero-order valence-electron chi connectivity index (χ0n) is 12.0. The fourth-order valence-electron chi connectivity index (χ4n) is 1.94. The van der Waals surface area contributed by atoms with Crippen molar-refractivity contribution in [2.45, 2.75) is 13.0 Å². The van der Waals surface area contributed by atoms with Crippen molar-refractivity contribution in [3.63, 3.8) is 0 Å². The monoisotopic (exact) mass is 300 g/mol. The van der Waals surface area contributed by atoms with Crippen molar-refractivity contribution < 1.29 is 14.0 Å². The topological polar surface area (TPSA) is 58.2 Å². The number of carbonyl (C=O) groups excluding carboxylic acids is 2. The van der Waals surface area contributed by atoms with Gasteiger partial charge in [0.1, 0.15) is 5.82 Å². The van der Waals surface area contributed by atoms with Crippen molar-refractivity contribution in [2.75, 3.05) is 6.54 Å². The molecule has 0 aliphatic rings. The first-order valence-corrected chi connectivity index (χ1v) is 7.00. The number of carbonyl (C=O) groups is 2. The molecule has 0 radical (unpaired) electrons. The summed E-state index contributed by atoms with van der Waals surface area (Å²) in [5, 5.41) is 4.93. The summed E-state index contributed by atoms with van der Waals surface area (Å²) in [6, 6.07) is 15.7. The van der Waals surface area contributed by atoms with Crippen LogP contribution in [0, 0.1) is 5.82 Å². The summed E-state index contributed by atoms with van der Waals surface area (Å²) in [5.74, 6) is -1.89. The number of nitrogens with one attached hydrogen (secondary N) is 2. The second kappa shape index (κ2) is 7.93. The summed E-state index contributed by atoms with van der Waals surface area (Å²) in [7, 11) is 0. The standard InChI is InChI=1S/C17H17FN2O2/c18-15-9-5-4-8-14(15)12-20-17(22)16(21)19-11-10-13-6-2-1-3-7-13/h1-9H,10-12H2,(H,19,21)(H,20,22). The molecule has 114 valence electrons. The van der Waals surface area contributed by atoms with Gasteiger partial charge in [0.15, 0.2) is 0 Å². The van der Waals surface area contributed by atoms with Gasteiger partial charge >= 0.3 is 11.8 Å². The van der Waals surface area contributed by atoms with Crippen LogP contribution in [0.15, 0.2) is 54.6 Å². The van der Waals surface area contributed by atoms with Crippen molar-refractivity contribution in [3.8, 4) is 0 Å². The Morgan fingerprint density at radius 1 is 0.864 bits per heavy atom. The van der Waals surface area contributed by atoms with Gasteiger partial charge in [0.05, 0.1) is 0 Å². The third kappa shape index (κ3) is 4.70. The van der Waals surface area contributed by atoms with Gasteiger partial charge in [-0.3, -0.25) is 9.59 Å². The molecular formula is C17H17FN2O2. The number of benzene rings is 2. The first-order chi connectivity index (χ1) is 10.7. The van der Waals surface area contributed by atoms with E-state index in [4.69, 9.17) is 0 Å². The van der Waals surface area contributed by atoms with Crippen molar-refractivity contribution >= 4 is 11.8 Å². The lowest BCUT2D eigenvalue weighted by Gasteiger charge is -2.07. The SMILES string of the molecule is O=C(NCCc1ccccc1)C(=O)NCc1ccccc1F. The highest BCUT2D eigenvalue weighted by Crippen LogP contribution is 2.05. The second-order valence-electron chi connectivity index (χ2n) is 4.77. The van der Waals surface area contributed by atoms with Gasteiger partial charge in [-0.05, 0) is 18.1 Å². The zero-order chi connectivity index (χ0) is 15.8. The van der Waals surface area contributed by atoms with E-state index in [-0.39, 0.29) is 6.54 Å². The van der Waals surface area contributed by atoms with Crippen LogP contribution in [0.1, 0.15) is 11.1 Å². The third-order valence-corrected chi connectivity index (χ3v) is 3.15. The Labute approximate surface area is 128 Å². The maximum Gasteiger partial charge on any atom is 0.309 e. The van der Waals surface area contributed by atoms with Crippen LogP contribution in [0.4, 0.5) is 4.39 Å². The van der Waals surface area contributed by atoms with Gasteiger partial charge < -0.3 is 10.6 Å². The van der Waals surface area contributed by atoms with Crippen LogP contribution in [0.5, 0.6) is 0 Å². The minimum Gasteiger partial charge on any atom is -0.348 e. The summed E-state index contributed by atoms with van der Waals surface area (Å²) >= 11 is 0. The number of halogens is 1. The van der Waals surface area contributed by atoms with E-state index in [1.165, 1.54) is 6.07 Å². The number of hydrogen-bond acceptors (Lipinski definition) is 2. The van der Waals surface area contributed by atoms with E-state index in [9.17, 15) is 14.0 Å². The molecule has 4 nitrogen and oxygen atoms in total. The van der Waals surface area contributed by atoms with Gasteiger partial charge in [-0.25, -0.2) is 4.39 Å². The minimum absolute atomic E-state index is 0.0163. The molecule has 2 aromatic rings. The van der Waals surface area contributed by atoms with Crippen LogP contribution in [0.2, 0.25) is 0 Å². The first kappa shape index (κ1) is 15.7.